The third kappa shape index (κ3) is 3.28. The SMILES string of the molecule is CCCc1noc(CN2CCN(C)CC2CN)n1. The molecule has 0 aliphatic carbocycles. The van der Waals surface area contributed by atoms with Crippen molar-refractivity contribution in [2.45, 2.75) is 32.4 Å². The zero-order chi connectivity index (χ0) is 13.0. The van der Waals surface area contributed by atoms with Gasteiger partial charge in [-0.25, -0.2) is 0 Å². The standard InChI is InChI=1S/C12H23N5O/c1-3-4-11-14-12(18-15-11)9-17-6-5-16(2)8-10(17)7-13/h10H,3-9,13H2,1-2H3. The summed E-state index contributed by atoms with van der Waals surface area (Å²) in [4.78, 5) is 9.05. The molecule has 102 valence electrons. The van der Waals surface area contributed by atoms with Gasteiger partial charge in [0, 0.05) is 38.6 Å². The lowest BCUT2D eigenvalue weighted by atomic mass is 10.2. The van der Waals surface area contributed by atoms with Gasteiger partial charge in [0.1, 0.15) is 0 Å². The third-order valence-electron chi connectivity index (χ3n) is 3.40. The molecule has 0 spiro atoms. The van der Waals surface area contributed by atoms with Crippen molar-refractivity contribution in [2.75, 3.05) is 33.2 Å². The minimum atomic E-state index is 0.380. The van der Waals surface area contributed by atoms with Crippen molar-refractivity contribution in [3.8, 4) is 0 Å². The number of rotatable bonds is 5. The van der Waals surface area contributed by atoms with Crippen molar-refractivity contribution in [1.82, 2.24) is 19.9 Å². The van der Waals surface area contributed by atoms with Gasteiger partial charge in [-0.1, -0.05) is 12.1 Å². The highest BCUT2D eigenvalue weighted by Gasteiger charge is 2.25. The van der Waals surface area contributed by atoms with Crippen LogP contribution in [0.3, 0.4) is 0 Å². The molecule has 1 saturated heterocycles. The first-order chi connectivity index (χ1) is 8.72. The lowest BCUT2D eigenvalue weighted by molar-refractivity contribution is 0.0784. The van der Waals surface area contributed by atoms with E-state index in [0.717, 1.165) is 38.3 Å². The second-order valence-electron chi connectivity index (χ2n) is 4.98. The Kier molecular flexibility index (Phi) is 4.68. The zero-order valence-electron chi connectivity index (χ0n) is 11.3. The largest absolute Gasteiger partial charge is 0.338 e. The molecule has 1 fully saturated rings. The van der Waals surface area contributed by atoms with Crippen LogP contribution in [0.2, 0.25) is 0 Å². The number of aromatic nitrogens is 2. The van der Waals surface area contributed by atoms with Crippen LogP contribution in [-0.2, 0) is 13.0 Å². The van der Waals surface area contributed by atoms with Crippen LogP contribution in [0.4, 0.5) is 0 Å². The van der Waals surface area contributed by atoms with E-state index < -0.39 is 0 Å². The molecular formula is C12H23N5O. The maximum atomic E-state index is 5.83. The van der Waals surface area contributed by atoms with E-state index in [-0.39, 0.29) is 0 Å². The fourth-order valence-corrected chi connectivity index (χ4v) is 2.33. The van der Waals surface area contributed by atoms with Crippen LogP contribution in [-0.4, -0.2) is 59.2 Å². The maximum absolute atomic E-state index is 5.83. The minimum Gasteiger partial charge on any atom is -0.338 e. The van der Waals surface area contributed by atoms with E-state index in [9.17, 15) is 0 Å². The molecule has 2 heterocycles. The van der Waals surface area contributed by atoms with Gasteiger partial charge < -0.3 is 15.2 Å². The number of aryl methyl sites for hydroxylation is 1. The molecule has 0 aromatic carbocycles. The fraction of sp³-hybridized carbons (Fsp3) is 0.833. The molecule has 0 radical (unpaired) electrons. The summed E-state index contributed by atoms with van der Waals surface area (Å²) in [5, 5.41) is 3.98. The molecule has 1 aliphatic rings. The van der Waals surface area contributed by atoms with Gasteiger partial charge in [-0.15, -0.1) is 0 Å². The van der Waals surface area contributed by atoms with Crippen LogP contribution in [0, 0.1) is 0 Å². The van der Waals surface area contributed by atoms with Gasteiger partial charge >= 0.3 is 0 Å². The number of nitrogens with zero attached hydrogens (tertiary/aromatic N) is 4. The summed E-state index contributed by atoms with van der Waals surface area (Å²) in [5.74, 6) is 1.52. The molecule has 1 atom stereocenters. The van der Waals surface area contributed by atoms with E-state index in [0.29, 0.717) is 25.0 Å². The Labute approximate surface area is 108 Å². The van der Waals surface area contributed by atoms with E-state index in [1.54, 1.807) is 0 Å². The Morgan fingerprint density at radius 2 is 2.28 bits per heavy atom. The summed E-state index contributed by atoms with van der Waals surface area (Å²) in [5.41, 5.74) is 5.83. The molecule has 0 saturated carbocycles. The highest BCUT2D eigenvalue weighted by atomic mass is 16.5. The summed E-state index contributed by atoms with van der Waals surface area (Å²) < 4.78 is 5.28. The predicted molar refractivity (Wildman–Crippen MR) is 69.0 cm³/mol. The summed E-state index contributed by atoms with van der Waals surface area (Å²) in [6, 6.07) is 0.380. The topological polar surface area (TPSA) is 71.4 Å². The second kappa shape index (κ2) is 6.26. The van der Waals surface area contributed by atoms with Crippen molar-refractivity contribution in [2.24, 2.45) is 5.73 Å². The van der Waals surface area contributed by atoms with Gasteiger partial charge in [-0.05, 0) is 13.5 Å². The Morgan fingerprint density at radius 3 is 3.00 bits per heavy atom. The molecule has 1 aromatic heterocycles. The smallest absolute Gasteiger partial charge is 0.240 e. The van der Waals surface area contributed by atoms with Crippen molar-refractivity contribution >= 4 is 0 Å². The molecule has 1 aliphatic heterocycles. The monoisotopic (exact) mass is 253 g/mol. The molecule has 1 aromatic rings. The second-order valence-corrected chi connectivity index (χ2v) is 4.98. The number of likely N-dealkylation sites (N-methyl/N-ethyl adjacent to an activating group) is 1. The van der Waals surface area contributed by atoms with Crippen molar-refractivity contribution in [1.29, 1.82) is 0 Å². The van der Waals surface area contributed by atoms with E-state index in [4.69, 9.17) is 10.3 Å². The quantitative estimate of drug-likeness (QED) is 0.802. The maximum Gasteiger partial charge on any atom is 0.240 e. The Balaban J connectivity index is 1.94. The molecule has 6 heteroatoms. The highest BCUT2D eigenvalue weighted by Crippen LogP contribution is 2.12. The molecule has 2 N–H and O–H groups in total. The third-order valence-corrected chi connectivity index (χ3v) is 3.40. The number of nitrogens with two attached hydrogens (primary N) is 1. The molecule has 2 rings (SSSR count). The molecule has 0 amide bonds. The number of hydrogen-bond donors (Lipinski definition) is 1. The van der Waals surface area contributed by atoms with Gasteiger partial charge in [-0.3, -0.25) is 4.90 Å². The van der Waals surface area contributed by atoms with Crippen LogP contribution in [0.1, 0.15) is 25.1 Å². The van der Waals surface area contributed by atoms with E-state index in [1.165, 1.54) is 0 Å². The van der Waals surface area contributed by atoms with Gasteiger partial charge in [0.05, 0.1) is 6.54 Å². The van der Waals surface area contributed by atoms with Crippen molar-refractivity contribution in [3.05, 3.63) is 11.7 Å². The van der Waals surface area contributed by atoms with E-state index in [1.807, 2.05) is 0 Å². The van der Waals surface area contributed by atoms with E-state index in [2.05, 4.69) is 33.9 Å². The molecule has 0 bridgehead atoms. The van der Waals surface area contributed by atoms with Gasteiger partial charge in [0.15, 0.2) is 5.82 Å². The summed E-state index contributed by atoms with van der Waals surface area (Å²) in [7, 11) is 2.13. The van der Waals surface area contributed by atoms with Crippen LogP contribution < -0.4 is 5.73 Å². The fourth-order valence-electron chi connectivity index (χ4n) is 2.33. The molecule has 1 unspecified atom stereocenters. The summed E-state index contributed by atoms with van der Waals surface area (Å²) in [6.07, 6.45) is 1.92. The summed E-state index contributed by atoms with van der Waals surface area (Å²) in [6.45, 7) is 6.57. The Morgan fingerprint density at radius 1 is 1.44 bits per heavy atom. The Hall–Kier alpha value is -0.980. The van der Waals surface area contributed by atoms with Crippen LogP contribution in [0.15, 0.2) is 4.52 Å². The average molecular weight is 253 g/mol. The first-order valence-corrected chi connectivity index (χ1v) is 6.67. The van der Waals surface area contributed by atoms with Crippen LogP contribution in [0.25, 0.3) is 0 Å². The lowest BCUT2D eigenvalue weighted by Crippen LogP contribution is -2.54. The molecular weight excluding hydrogens is 230 g/mol. The number of piperazine rings is 1. The Bertz CT molecular complexity index is 367. The predicted octanol–water partition coefficient (Wildman–Crippen LogP) is 0.0968. The molecule has 18 heavy (non-hydrogen) atoms. The van der Waals surface area contributed by atoms with Crippen LogP contribution in [0.5, 0.6) is 0 Å². The van der Waals surface area contributed by atoms with Crippen molar-refractivity contribution in [3.63, 3.8) is 0 Å². The first-order valence-electron chi connectivity index (χ1n) is 6.67. The average Bonchev–Trinajstić information content (AvgIpc) is 2.79. The van der Waals surface area contributed by atoms with E-state index >= 15 is 0 Å². The van der Waals surface area contributed by atoms with Crippen molar-refractivity contribution < 1.29 is 4.52 Å². The zero-order valence-corrected chi connectivity index (χ0v) is 11.3. The lowest BCUT2D eigenvalue weighted by Gasteiger charge is -2.38. The van der Waals surface area contributed by atoms with Gasteiger partial charge in [0.25, 0.3) is 0 Å². The number of hydrogen-bond acceptors (Lipinski definition) is 6. The molecule has 6 nitrogen and oxygen atoms in total. The first kappa shape index (κ1) is 13.5. The van der Waals surface area contributed by atoms with Gasteiger partial charge in [0.2, 0.25) is 5.89 Å². The minimum absolute atomic E-state index is 0.380. The van der Waals surface area contributed by atoms with Crippen LogP contribution >= 0.6 is 0 Å². The highest BCUT2D eigenvalue weighted by molar-refractivity contribution is 4.89. The normalized spacial score (nSPS) is 22.5. The van der Waals surface area contributed by atoms with Gasteiger partial charge in [-0.2, -0.15) is 4.98 Å². The summed E-state index contributed by atoms with van der Waals surface area (Å²) >= 11 is 0.